The Morgan fingerprint density at radius 1 is 0.909 bits per heavy atom. The standard InChI is InChI=1S/C28H33F6N5O5/c1-38-11-13-39(14-12-38)10-9-35-25(40)23-17-21(7-8-24(23)44-28(32,33)34)42-20-6-5-19(15-20)37-26(41)36-18-3-2-4-22(16-18)43-27(29,30)31/h2-4,7-8,16-17,19-20H,5-6,9-15H2,1H3,(H,35,40)(H2,36,37,41). The molecule has 3 N–H and O–H groups in total. The molecule has 44 heavy (non-hydrogen) atoms. The highest BCUT2D eigenvalue weighted by Gasteiger charge is 2.34. The quantitative estimate of drug-likeness (QED) is 0.329. The molecule has 10 nitrogen and oxygen atoms in total. The van der Waals surface area contributed by atoms with Gasteiger partial charge in [0.1, 0.15) is 23.4 Å². The van der Waals surface area contributed by atoms with Gasteiger partial charge in [-0.2, -0.15) is 0 Å². The van der Waals surface area contributed by atoms with Crippen LogP contribution in [0.5, 0.6) is 17.2 Å². The third-order valence-electron chi connectivity index (χ3n) is 7.08. The van der Waals surface area contributed by atoms with Gasteiger partial charge in [-0.25, -0.2) is 4.79 Å². The number of amides is 3. The van der Waals surface area contributed by atoms with E-state index in [0.29, 0.717) is 25.8 Å². The first-order valence-corrected chi connectivity index (χ1v) is 13.9. The molecule has 242 valence electrons. The number of piperazine rings is 1. The molecule has 2 aromatic rings. The van der Waals surface area contributed by atoms with Crippen molar-refractivity contribution in [2.45, 2.75) is 44.1 Å². The first-order valence-electron chi connectivity index (χ1n) is 13.9. The summed E-state index contributed by atoms with van der Waals surface area (Å²) in [6.45, 7) is 4.18. The fourth-order valence-corrected chi connectivity index (χ4v) is 4.96. The second-order valence-corrected chi connectivity index (χ2v) is 10.5. The fourth-order valence-electron chi connectivity index (χ4n) is 4.96. The second-order valence-electron chi connectivity index (χ2n) is 10.5. The van der Waals surface area contributed by atoms with E-state index in [4.69, 9.17) is 4.74 Å². The number of carbonyl (C=O) groups excluding carboxylic acids is 2. The molecule has 2 aliphatic rings. The molecule has 2 aromatic carbocycles. The number of alkyl halides is 6. The van der Waals surface area contributed by atoms with Gasteiger partial charge in [0.15, 0.2) is 0 Å². The van der Waals surface area contributed by atoms with Crippen LogP contribution in [0.3, 0.4) is 0 Å². The van der Waals surface area contributed by atoms with Crippen LogP contribution in [0.1, 0.15) is 29.6 Å². The third-order valence-corrected chi connectivity index (χ3v) is 7.08. The minimum Gasteiger partial charge on any atom is -0.490 e. The Kier molecular flexibility index (Phi) is 10.7. The van der Waals surface area contributed by atoms with E-state index in [1.54, 1.807) is 0 Å². The number of urea groups is 1. The van der Waals surface area contributed by atoms with Gasteiger partial charge in [-0.3, -0.25) is 9.69 Å². The Balaban J connectivity index is 1.31. The van der Waals surface area contributed by atoms with Gasteiger partial charge in [0.25, 0.3) is 5.91 Å². The summed E-state index contributed by atoms with van der Waals surface area (Å²) in [6, 6.07) is 7.30. The predicted molar refractivity (Wildman–Crippen MR) is 147 cm³/mol. The lowest BCUT2D eigenvalue weighted by Crippen LogP contribution is -2.46. The third kappa shape index (κ3) is 10.7. The van der Waals surface area contributed by atoms with Crippen LogP contribution in [-0.4, -0.2) is 92.9 Å². The molecular formula is C28H33F6N5O5. The minimum atomic E-state index is -5.01. The van der Waals surface area contributed by atoms with Crippen molar-refractivity contribution >= 4 is 17.6 Å². The SMILES string of the molecule is CN1CCN(CCNC(=O)c2cc(OC3CCC(NC(=O)Nc4cccc(OC(F)(F)F)c4)C3)ccc2OC(F)(F)F)CC1. The Bertz CT molecular complexity index is 1290. The monoisotopic (exact) mass is 633 g/mol. The molecule has 4 rings (SSSR count). The summed E-state index contributed by atoms with van der Waals surface area (Å²) in [6.07, 6.45) is -8.96. The number of benzene rings is 2. The van der Waals surface area contributed by atoms with E-state index in [-0.39, 0.29) is 29.6 Å². The Morgan fingerprint density at radius 3 is 2.34 bits per heavy atom. The van der Waals surface area contributed by atoms with Crippen LogP contribution in [0, 0.1) is 0 Å². The van der Waals surface area contributed by atoms with Crippen molar-refractivity contribution in [2.24, 2.45) is 0 Å². The number of nitrogens with zero attached hydrogens (tertiary/aromatic N) is 2. The summed E-state index contributed by atoms with van der Waals surface area (Å²) >= 11 is 0. The zero-order valence-corrected chi connectivity index (χ0v) is 23.8. The number of rotatable bonds is 10. The number of hydrogen-bond donors (Lipinski definition) is 3. The molecule has 2 unspecified atom stereocenters. The zero-order chi connectivity index (χ0) is 31.9. The molecule has 0 radical (unpaired) electrons. The lowest BCUT2D eigenvalue weighted by Gasteiger charge is -2.32. The maximum Gasteiger partial charge on any atom is 0.573 e. The van der Waals surface area contributed by atoms with E-state index in [1.807, 2.05) is 7.05 Å². The van der Waals surface area contributed by atoms with Gasteiger partial charge in [-0.1, -0.05) is 6.07 Å². The van der Waals surface area contributed by atoms with E-state index < -0.39 is 42.3 Å². The van der Waals surface area contributed by atoms with Gasteiger partial charge in [0.05, 0.1) is 5.56 Å². The first kappa shape index (κ1) is 33.0. The highest BCUT2D eigenvalue weighted by atomic mass is 19.4. The Labute approximate surface area is 249 Å². The van der Waals surface area contributed by atoms with Crippen LogP contribution in [-0.2, 0) is 0 Å². The van der Waals surface area contributed by atoms with Crippen LogP contribution in [0.25, 0.3) is 0 Å². The molecule has 2 fully saturated rings. The van der Waals surface area contributed by atoms with Gasteiger partial charge >= 0.3 is 18.8 Å². The first-order chi connectivity index (χ1) is 20.7. The van der Waals surface area contributed by atoms with E-state index in [1.165, 1.54) is 24.3 Å². The van der Waals surface area contributed by atoms with Crippen LogP contribution in [0.15, 0.2) is 42.5 Å². The van der Waals surface area contributed by atoms with Gasteiger partial charge in [0, 0.05) is 63.5 Å². The van der Waals surface area contributed by atoms with E-state index >= 15 is 0 Å². The molecule has 0 spiro atoms. The number of ether oxygens (including phenoxy) is 3. The molecule has 3 amide bonds. The van der Waals surface area contributed by atoms with Crippen LogP contribution >= 0.6 is 0 Å². The molecule has 1 aliphatic heterocycles. The van der Waals surface area contributed by atoms with Crippen LogP contribution in [0.2, 0.25) is 0 Å². The number of hydrogen-bond acceptors (Lipinski definition) is 7. The molecule has 16 heteroatoms. The Morgan fingerprint density at radius 2 is 1.64 bits per heavy atom. The summed E-state index contributed by atoms with van der Waals surface area (Å²) in [7, 11) is 2.01. The number of halogens is 6. The van der Waals surface area contributed by atoms with Gasteiger partial charge < -0.3 is 35.1 Å². The number of nitrogens with one attached hydrogen (secondary N) is 3. The highest BCUT2D eigenvalue weighted by molar-refractivity contribution is 5.97. The maximum absolute atomic E-state index is 13.0. The average Bonchev–Trinajstić information content (AvgIpc) is 3.35. The molecule has 1 heterocycles. The van der Waals surface area contributed by atoms with Crippen molar-refractivity contribution in [2.75, 3.05) is 51.6 Å². The molecule has 1 saturated carbocycles. The maximum atomic E-state index is 13.0. The number of likely N-dealkylation sites (N-methyl/N-ethyl adjacent to an activating group) is 1. The number of carbonyl (C=O) groups is 2. The van der Waals surface area contributed by atoms with Gasteiger partial charge in [0.2, 0.25) is 0 Å². The van der Waals surface area contributed by atoms with Crippen molar-refractivity contribution in [3.05, 3.63) is 48.0 Å². The summed E-state index contributed by atoms with van der Waals surface area (Å²) in [5.41, 5.74) is -0.243. The van der Waals surface area contributed by atoms with E-state index in [0.717, 1.165) is 44.4 Å². The smallest absolute Gasteiger partial charge is 0.490 e. The second kappa shape index (κ2) is 14.2. The van der Waals surface area contributed by atoms with Crippen molar-refractivity contribution in [1.29, 1.82) is 0 Å². The zero-order valence-electron chi connectivity index (χ0n) is 23.8. The van der Waals surface area contributed by atoms with Crippen LogP contribution < -0.4 is 30.2 Å². The molecule has 0 bridgehead atoms. The lowest BCUT2D eigenvalue weighted by atomic mass is 10.1. The van der Waals surface area contributed by atoms with E-state index in [2.05, 4.69) is 35.2 Å². The molecule has 1 saturated heterocycles. The average molecular weight is 634 g/mol. The summed E-state index contributed by atoms with van der Waals surface area (Å²) in [5, 5.41) is 7.82. The minimum absolute atomic E-state index is 0.0885. The topological polar surface area (TPSA) is 104 Å². The molecular weight excluding hydrogens is 600 g/mol. The molecule has 0 aromatic heterocycles. The largest absolute Gasteiger partial charge is 0.573 e. The fraction of sp³-hybridized carbons (Fsp3) is 0.500. The van der Waals surface area contributed by atoms with Gasteiger partial charge in [-0.05, 0) is 50.2 Å². The number of anilines is 1. The van der Waals surface area contributed by atoms with E-state index in [9.17, 15) is 35.9 Å². The lowest BCUT2D eigenvalue weighted by molar-refractivity contribution is -0.275. The van der Waals surface area contributed by atoms with Crippen LogP contribution in [0.4, 0.5) is 36.8 Å². The summed E-state index contributed by atoms with van der Waals surface area (Å²) in [5.74, 6) is -1.73. The summed E-state index contributed by atoms with van der Waals surface area (Å²) in [4.78, 5) is 29.6. The highest BCUT2D eigenvalue weighted by Crippen LogP contribution is 2.32. The normalized spacial score (nSPS) is 19.7. The molecule has 1 aliphatic carbocycles. The van der Waals surface area contributed by atoms with Crippen molar-refractivity contribution < 1.29 is 50.1 Å². The van der Waals surface area contributed by atoms with Gasteiger partial charge in [-0.15, -0.1) is 26.3 Å². The Hall–Kier alpha value is -3.92. The van der Waals surface area contributed by atoms with Crippen molar-refractivity contribution in [3.63, 3.8) is 0 Å². The predicted octanol–water partition coefficient (Wildman–Crippen LogP) is 4.58. The summed E-state index contributed by atoms with van der Waals surface area (Å²) < 4.78 is 90.3. The van der Waals surface area contributed by atoms with Crippen molar-refractivity contribution in [3.8, 4) is 17.2 Å². The molecule has 2 atom stereocenters. The van der Waals surface area contributed by atoms with Crippen molar-refractivity contribution in [1.82, 2.24) is 20.4 Å².